The van der Waals surface area contributed by atoms with Crippen molar-refractivity contribution in [2.45, 2.75) is 225 Å². The van der Waals surface area contributed by atoms with Gasteiger partial charge in [0, 0.05) is 6.42 Å². The van der Waals surface area contributed by atoms with E-state index >= 15 is 0 Å². The highest BCUT2D eigenvalue weighted by molar-refractivity contribution is 7.47. The summed E-state index contributed by atoms with van der Waals surface area (Å²) in [5.41, 5.74) is 0. The van der Waals surface area contributed by atoms with Crippen molar-refractivity contribution in [1.82, 2.24) is 5.32 Å². The van der Waals surface area contributed by atoms with Crippen molar-refractivity contribution >= 4 is 13.7 Å². The molecule has 0 rings (SSSR count). The number of likely N-dealkylation sites (N-methyl/N-ethyl adjacent to an activating group) is 1. The summed E-state index contributed by atoms with van der Waals surface area (Å²) in [5.74, 6) is -0.195. The average molecular weight is 826 g/mol. The van der Waals surface area contributed by atoms with Gasteiger partial charge in [-0.2, -0.15) is 0 Å². The van der Waals surface area contributed by atoms with E-state index in [4.69, 9.17) is 9.05 Å². The van der Waals surface area contributed by atoms with Crippen LogP contribution in [0.5, 0.6) is 0 Å². The summed E-state index contributed by atoms with van der Waals surface area (Å²) in [5, 5.41) is 13.8. The van der Waals surface area contributed by atoms with Crippen LogP contribution in [0.15, 0.2) is 36.5 Å². The van der Waals surface area contributed by atoms with E-state index in [0.29, 0.717) is 17.4 Å². The summed E-state index contributed by atoms with van der Waals surface area (Å²) >= 11 is 0. The zero-order chi connectivity index (χ0) is 42.1. The van der Waals surface area contributed by atoms with Gasteiger partial charge in [0.1, 0.15) is 13.2 Å². The lowest BCUT2D eigenvalue weighted by Gasteiger charge is -2.25. The Hall–Kier alpha value is -1.28. The first-order chi connectivity index (χ1) is 27.5. The number of unbranched alkanes of at least 4 members (excludes halogenated alkanes) is 26. The summed E-state index contributed by atoms with van der Waals surface area (Å²) in [4.78, 5) is 23.1. The maximum absolute atomic E-state index is 12.9. The summed E-state index contributed by atoms with van der Waals surface area (Å²) < 4.78 is 23.6. The van der Waals surface area contributed by atoms with Crippen molar-refractivity contribution in [1.29, 1.82) is 0 Å². The molecule has 0 saturated carbocycles. The Labute approximate surface area is 353 Å². The summed E-state index contributed by atoms with van der Waals surface area (Å²) in [6, 6.07) is -0.866. The predicted molar refractivity (Wildman–Crippen MR) is 244 cm³/mol. The molecule has 0 heterocycles. The molecule has 336 valence electrons. The van der Waals surface area contributed by atoms with Crippen molar-refractivity contribution in [3.63, 3.8) is 0 Å². The molecule has 0 saturated heterocycles. The van der Waals surface area contributed by atoms with E-state index in [1.54, 1.807) is 6.08 Å². The molecular weight excluding hydrogens is 732 g/mol. The molecule has 0 aliphatic carbocycles. The molecule has 0 fully saturated rings. The number of hydrogen-bond donors (Lipinski definition) is 3. The maximum atomic E-state index is 12.9. The molecule has 0 aliphatic heterocycles. The van der Waals surface area contributed by atoms with E-state index in [-0.39, 0.29) is 19.1 Å². The Bertz CT molecular complexity index is 1030. The Morgan fingerprint density at radius 3 is 1.40 bits per heavy atom. The molecule has 0 spiro atoms. The van der Waals surface area contributed by atoms with Crippen LogP contribution in [0, 0.1) is 0 Å². The fraction of sp³-hybridized carbons (Fsp3) is 0.854. The smallest absolute Gasteiger partial charge is 0.387 e. The van der Waals surface area contributed by atoms with E-state index in [2.05, 4.69) is 43.5 Å². The standard InChI is InChI=1S/C48H93N2O6P/c1-6-8-10-12-14-16-18-20-22-24-25-26-27-29-31-33-35-37-39-41-47(51)46(45-56-57(53,54)55-44-43-50(3,4)5)49-48(52)42-40-38-36-34-32-30-28-23-21-19-17-15-13-11-9-7-2/h23,28,31,33,39,41,46-47,51H,6-22,24-27,29-30,32,34-38,40,42-45H2,1-5H3,(H-,49,52,53,54)/p+1/b28-23-,33-31+,41-39+. The number of aliphatic hydroxyl groups is 1. The highest BCUT2D eigenvalue weighted by Gasteiger charge is 2.27. The number of nitrogens with one attached hydrogen (secondary N) is 1. The number of aliphatic hydroxyl groups excluding tert-OH is 1. The lowest BCUT2D eigenvalue weighted by Crippen LogP contribution is -2.45. The first-order valence-electron chi connectivity index (χ1n) is 23.9. The van der Waals surface area contributed by atoms with Crippen molar-refractivity contribution in [3.8, 4) is 0 Å². The molecule has 0 bridgehead atoms. The largest absolute Gasteiger partial charge is 0.472 e. The third-order valence-electron chi connectivity index (χ3n) is 10.6. The highest BCUT2D eigenvalue weighted by atomic mass is 31.2. The van der Waals surface area contributed by atoms with Crippen molar-refractivity contribution in [2.75, 3.05) is 40.9 Å². The topological polar surface area (TPSA) is 105 Å². The van der Waals surface area contributed by atoms with E-state index in [0.717, 1.165) is 51.4 Å². The number of phosphoric acid groups is 1. The number of amides is 1. The van der Waals surface area contributed by atoms with Crippen LogP contribution < -0.4 is 5.32 Å². The summed E-state index contributed by atoms with van der Waals surface area (Å²) in [6.07, 6.45) is 49.3. The minimum atomic E-state index is -4.35. The van der Waals surface area contributed by atoms with Crippen LogP contribution in [0.2, 0.25) is 0 Å². The minimum Gasteiger partial charge on any atom is -0.387 e. The normalized spacial score (nSPS) is 14.6. The molecule has 0 aliphatic rings. The minimum absolute atomic E-state index is 0.0547. The lowest BCUT2D eigenvalue weighted by molar-refractivity contribution is -0.870. The predicted octanol–water partition coefficient (Wildman–Crippen LogP) is 13.5. The van der Waals surface area contributed by atoms with Crippen LogP contribution in [0.25, 0.3) is 0 Å². The Morgan fingerprint density at radius 2 is 0.965 bits per heavy atom. The molecule has 3 unspecified atom stereocenters. The molecule has 0 aromatic rings. The van der Waals surface area contributed by atoms with Gasteiger partial charge in [0.05, 0.1) is 39.9 Å². The van der Waals surface area contributed by atoms with Crippen LogP contribution in [0.4, 0.5) is 0 Å². The SMILES string of the molecule is CCCCCCCCC/C=C\CCCCCCCC(=O)NC(COP(=O)(O)OCC[N+](C)(C)C)C(O)/C=C/CC/C=C/CCCCCCCCCCCCCCC. The number of quaternary nitrogens is 1. The van der Waals surface area contributed by atoms with E-state index in [1.807, 2.05) is 27.2 Å². The third kappa shape index (κ3) is 42.6. The Kier molecular flexibility index (Phi) is 39.2. The summed E-state index contributed by atoms with van der Waals surface area (Å²) in [7, 11) is 1.55. The number of nitrogens with zero attached hydrogens (tertiary/aromatic N) is 1. The number of hydrogen-bond acceptors (Lipinski definition) is 5. The molecule has 1 amide bonds. The fourth-order valence-electron chi connectivity index (χ4n) is 6.76. The third-order valence-corrected chi connectivity index (χ3v) is 11.6. The monoisotopic (exact) mass is 826 g/mol. The van der Waals surface area contributed by atoms with Gasteiger partial charge < -0.3 is 19.8 Å². The molecular formula is C48H94N2O6P+. The van der Waals surface area contributed by atoms with Gasteiger partial charge in [-0.3, -0.25) is 13.8 Å². The zero-order valence-electron chi connectivity index (χ0n) is 38.1. The van der Waals surface area contributed by atoms with Crippen LogP contribution in [-0.2, 0) is 18.4 Å². The molecule has 0 aromatic carbocycles. The first-order valence-corrected chi connectivity index (χ1v) is 25.4. The molecule has 3 atom stereocenters. The van der Waals surface area contributed by atoms with Crippen molar-refractivity contribution < 1.29 is 32.9 Å². The molecule has 3 N–H and O–H groups in total. The Morgan fingerprint density at radius 1 is 0.579 bits per heavy atom. The second kappa shape index (κ2) is 40.1. The molecule has 9 heteroatoms. The van der Waals surface area contributed by atoms with Gasteiger partial charge in [-0.25, -0.2) is 4.57 Å². The van der Waals surface area contributed by atoms with Crippen LogP contribution in [0.1, 0.15) is 213 Å². The van der Waals surface area contributed by atoms with Crippen molar-refractivity contribution in [3.05, 3.63) is 36.5 Å². The molecule has 8 nitrogen and oxygen atoms in total. The van der Waals surface area contributed by atoms with Crippen molar-refractivity contribution in [2.24, 2.45) is 0 Å². The number of allylic oxidation sites excluding steroid dienone is 5. The van der Waals surface area contributed by atoms with E-state index < -0.39 is 20.0 Å². The first kappa shape index (κ1) is 55.7. The maximum Gasteiger partial charge on any atom is 0.472 e. The van der Waals surface area contributed by atoms with Gasteiger partial charge in [0.2, 0.25) is 5.91 Å². The molecule has 0 aromatic heterocycles. The highest BCUT2D eigenvalue weighted by Crippen LogP contribution is 2.43. The Balaban J connectivity index is 4.44. The fourth-order valence-corrected chi connectivity index (χ4v) is 7.49. The van der Waals surface area contributed by atoms with Gasteiger partial charge in [0.25, 0.3) is 0 Å². The summed E-state index contributed by atoms with van der Waals surface area (Å²) in [6.45, 7) is 4.79. The second-order valence-corrected chi connectivity index (χ2v) is 18.9. The second-order valence-electron chi connectivity index (χ2n) is 17.5. The zero-order valence-corrected chi connectivity index (χ0v) is 39.0. The number of carbonyl (C=O) groups is 1. The van der Waals surface area contributed by atoms with Gasteiger partial charge in [-0.15, -0.1) is 0 Å². The van der Waals surface area contributed by atoms with Crippen LogP contribution in [-0.4, -0.2) is 73.4 Å². The molecule has 57 heavy (non-hydrogen) atoms. The van der Waals surface area contributed by atoms with E-state index in [9.17, 15) is 19.4 Å². The van der Waals surface area contributed by atoms with Crippen LogP contribution in [0.3, 0.4) is 0 Å². The average Bonchev–Trinajstić information content (AvgIpc) is 3.16. The number of phosphoric ester groups is 1. The number of rotatable bonds is 43. The quantitative estimate of drug-likeness (QED) is 0.0245. The van der Waals surface area contributed by atoms with Gasteiger partial charge in [-0.05, 0) is 57.8 Å². The lowest BCUT2D eigenvalue weighted by atomic mass is 10.0. The van der Waals surface area contributed by atoms with Gasteiger partial charge in [0.15, 0.2) is 0 Å². The molecule has 0 radical (unpaired) electrons. The van der Waals surface area contributed by atoms with Gasteiger partial charge >= 0.3 is 7.82 Å². The van der Waals surface area contributed by atoms with Gasteiger partial charge in [-0.1, -0.05) is 185 Å². The number of carbonyl (C=O) groups excluding carboxylic acids is 1. The van der Waals surface area contributed by atoms with E-state index in [1.165, 1.54) is 141 Å². The van der Waals surface area contributed by atoms with Crippen LogP contribution >= 0.6 is 7.82 Å².